The van der Waals surface area contributed by atoms with Gasteiger partial charge in [-0.1, -0.05) is 6.07 Å². The topological polar surface area (TPSA) is 61.9 Å². The number of urea groups is 1. The molecule has 3 aliphatic heterocycles. The van der Waals surface area contributed by atoms with E-state index in [0.29, 0.717) is 6.42 Å². The van der Waals surface area contributed by atoms with Gasteiger partial charge in [0.1, 0.15) is 0 Å². The maximum Gasteiger partial charge on any atom is 0.321 e. The molecule has 0 atom stereocenters. The Balaban J connectivity index is 1.42. The molecule has 134 valence electrons. The molecule has 0 aliphatic carbocycles. The van der Waals surface area contributed by atoms with Gasteiger partial charge in [0.05, 0.1) is 12.2 Å². The molecule has 4 rings (SSSR count). The number of nitrogens with one attached hydrogen (secondary N) is 1. The summed E-state index contributed by atoms with van der Waals surface area (Å²) in [7, 11) is 0. The molecule has 1 spiro atoms. The smallest absolute Gasteiger partial charge is 0.321 e. The fraction of sp³-hybridized carbons (Fsp3) is 0.579. The first kappa shape index (κ1) is 16.4. The SMILES string of the molecule is Cc1ccc(NC(=O)N2CCC3(CCO3)CC2)cc1N1CCCC1=O. The van der Waals surface area contributed by atoms with Gasteiger partial charge in [-0.05, 0) is 50.3 Å². The summed E-state index contributed by atoms with van der Waals surface area (Å²) in [6.07, 6.45) is 4.46. The lowest BCUT2D eigenvalue weighted by Gasteiger charge is -2.47. The Morgan fingerprint density at radius 2 is 1.96 bits per heavy atom. The summed E-state index contributed by atoms with van der Waals surface area (Å²) < 4.78 is 5.71. The fourth-order valence-electron chi connectivity index (χ4n) is 3.99. The van der Waals surface area contributed by atoms with E-state index in [2.05, 4.69) is 5.32 Å². The number of piperidine rings is 1. The van der Waals surface area contributed by atoms with Crippen LogP contribution < -0.4 is 10.2 Å². The molecule has 0 radical (unpaired) electrons. The van der Waals surface area contributed by atoms with Crippen LogP contribution in [0.5, 0.6) is 0 Å². The van der Waals surface area contributed by atoms with Gasteiger partial charge in [-0.15, -0.1) is 0 Å². The van der Waals surface area contributed by atoms with Gasteiger partial charge >= 0.3 is 6.03 Å². The van der Waals surface area contributed by atoms with Crippen LogP contribution in [-0.2, 0) is 9.53 Å². The maximum atomic E-state index is 12.6. The van der Waals surface area contributed by atoms with Gasteiger partial charge < -0.3 is 19.9 Å². The number of benzene rings is 1. The molecule has 0 saturated carbocycles. The second kappa shape index (κ2) is 6.33. The molecule has 0 bridgehead atoms. The van der Waals surface area contributed by atoms with Crippen molar-refractivity contribution >= 4 is 23.3 Å². The van der Waals surface area contributed by atoms with Crippen molar-refractivity contribution in [3.05, 3.63) is 23.8 Å². The summed E-state index contributed by atoms with van der Waals surface area (Å²) in [6, 6.07) is 5.70. The molecule has 0 aromatic heterocycles. The lowest BCUT2D eigenvalue weighted by Crippen LogP contribution is -2.54. The summed E-state index contributed by atoms with van der Waals surface area (Å²) in [5.41, 5.74) is 2.74. The largest absolute Gasteiger partial charge is 0.375 e. The molecule has 3 amide bonds. The number of aryl methyl sites for hydroxylation is 1. The van der Waals surface area contributed by atoms with Crippen LogP contribution in [0.4, 0.5) is 16.2 Å². The maximum absolute atomic E-state index is 12.6. The minimum absolute atomic E-state index is 0.0456. The lowest BCUT2D eigenvalue weighted by atomic mass is 9.84. The van der Waals surface area contributed by atoms with Gasteiger partial charge in [0, 0.05) is 37.4 Å². The average Bonchev–Trinajstić information content (AvgIpc) is 3.01. The molecule has 3 aliphatic rings. The van der Waals surface area contributed by atoms with Crippen LogP contribution in [0.2, 0.25) is 0 Å². The van der Waals surface area contributed by atoms with E-state index in [1.54, 1.807) is 0 Å². The van der Waals surface area contributed by atoms with Crippen LogP contribution >= 0.6 is 0 Å². The highest BCUT2D eigenvalue weighted by Gasteiger charge is 2.41. The number of amides is 3. The minimum Gasteiger partial charge on any atom is -0.375 e. The molecule has 6 heteroatoms. The quantitative estimate of drug-likeness (QED) is 0.898. The van der Waals surface area contributed by atoms with E-state index < -0.39 is 0 Å². The Morgan fingerprint density at radius 3 is 2.56 bits per heavy atom. The van der Waals surface area contributed by atoms with E-state index in [-0.39, 0.29) is 17.5 Å². The van der Waals surface area contributed by atoms with Gasteiger partial charge in [-0.25, -0.2) is 4.79 Å². The molecular weight excluding hydrogens is 318 g/mol. The zero-order chi connectivity index (χ0) is 17.4. The first-order valence-electron chi connectivity index (χ1n) is 9.17. The van der Waals surface area contributed by atoms with Crippen LogP contribution in [-0.4, -0.2) is 48.7 Å². The van der Waals surface area contributed by atoms with Gasteiger partial charge in [0.2, 0.25) is 5.91 Å². The third kappa shape index (κ3) is 3.11. The van der Waals surface area contributed by atoms with Crippen LogP contribution in [0.3, 0.4) is 0 Å². The van der Waals surface area contributed by atoms with Crippen molar-refractivity contribution in [2.75, 3.05) is 36.5 Å². The van der Waals surface area contributed by atoms with Crippen molar-refractivity contribution in [1.82, 2.24) is 4.90 Å². The Hall–Kier alpha value is -2.08. The highest BCUT2D eigenvalue weighted by molar-refractivity contribution is 5.97. The summed E-state index contributed by atoms with van der Waals surface area (Å²) >= 11 is 0. The van der Waals surface area contributed by atoms with Crippen LogP contribution in [0, 0.1) is 6.92 Å². The van der Waals surface area contributed by atoms with Crippen LogP contribution in [0.1, 0.15) is 37.7 Å². The standard InChI is InChI=1S/C19H25N3O3/c1-14-4-5-15(13-16(14)22-9-2-3-17(22)23)20-18(24)21-10-6-19(7-11-21)8-12-25-19/h4-5,13H,2-3,6-12H2,1H3,(H,20,24). The zero-order valence-corrected chi connectivity index (χ0v) is 14.7. The van der Waals surface area contributed by atoms with Crippen LogP contribution in [0.15, 0.2) is 18.2 Å². The lowest BCUT2D eigenvalue weighted by molar-refractivity contribution is -0.168. The monoisotopic (exact) mass is 343 g/mol. The molecule has 3 fully saturated rings. The average molecular weight is 343 g/mol. The first-order chi connectivity index (χ1) is 12.1. The number of rotatable bonds is 2. The van der Waals surface area contributed by atoms with Crippen molar-refractivity contribution in [3.63, 3.8) is 0 Å². The first-order valence-corrected chi connectivity index (χ1v) is 9.17. The normalized spacial score (nSPS) is 22.2. The van der Waals surface area contributed by atoms with Gasteiger partial charge in [-0.2, -0.15) is 0 Å². The molecule has 0 unspecified atom stereocenters. The van der Waals surface area contributed by atoms with Crippen molar-refractivity contribution in [2.45, 2.75) is 44.6 Å². The van der Waals surface area contributed by atoms with E-state index in [4.69, 9.17) is 4.74 Å². The molecule has 25 heavy (non-hydrogen) atoms. The summed E-state index contributed by atoms with van der Waals surface area (Å²) in [5.74, 6) is 0.161. The van der Waals surface area contributed by atoms with E-state index in [9.17, 15) is 9.59 Å². The third-order valence-corrected chi connectivity index (χ3v) is 5.75. The summed E-state index contributed by atoms with van der Waals surface area (Å²) in [4.78, 5) is 28.3. The van der Waals surface area contributed by atoms with Crippen LogP contribution in [0.25, 0.3) is 0 Å². The van der Waals surface area contributed by atoms with E-state index in [0.717, 1.165) is 68.9 Å². The summed E-state index contributed by atoms with van der Waals surface area (Å²) in [5, 5.41) is 2.99. The van der Waals surface area contributed by atoms with Crippen molar-refractivity contribution in [1.29, 1.82) is 0 Å². The summed E-state index contributed by atoms with van der Waals surface area (Å²) in [6.45, 7) is 5.07. The second-order valence-electron chi connectivity index (χ2n) is 7.35. The minimum atomic E-state index is -0.0725. The Kier molecular flexibility index (Phi) is 4.15. The molecular formula is C19H25N3O3. The zero-order valence-electron chi connectivity index (χ0n) is 14.7. The predicted octanol–water partition coefficient (Wildman–Crippen LogP) is 2.91. The van der Waals surface area contributed by atoms with E-state index in [1.165, 1.54) is 0 Å². The number of nitrogens with zero attached hydrogens (tertiary/aromatic N) is 2. The molecule has 1 aromatic rings. The van der Waals surface area contributed by atoms with Gasteiger partial charge in [0.15, 0.2) is 0 Å². The van der Waals surface area contributed by atoms with Crippen molar-refractivity contribution in [3.8, 4) is 0 Å². The fourth-order valence-corrected chi connectivity index (χ4v) is 3.99. The number of hydrogen-bond acceptors (Lipinski definition) is 3. The molecule has 3 heterocycles. The molecule has 6 nitrogen and oxygen atoms in total. The number of ether oxygens (including phenoxy) is 1. The predicted molar refractivity (Wildman–Crippen MR) is 95.9 cm³/mol. The number of hydrogen-bond donors (Lipinski definition) is 1. The number of anilines is 2. The number of carbonyl (C=O) groups is 2. The Bertz CT molecular complexity index is 689. The van der Waals surface area contributed by atoms with E-state index in [1.807, 2.05) is 34.9 Å². The molecule has 3 saturated heterocycles. The number of likely N-dealkylation sites (tertiary alicyclic amines) is 1. The highest BCUT2D eigenvalue weighted by Crippen LogP contribution is 2.37. The Morgan fingerprint density at radius 1 is 1.20 bits per heavy atom. The number of carbonyl (C=O) groups excluding carboxylic acids is 2. The van der Waals surface area contributed by atoms with E-state index >= 15 is 0 Å². The van der Waals surface area contributed by atoms with Gasteiger partial charge in [0.25, 0.3) is 0 Å². The second-order valence-corrected chi connectivity index (χ2v) is 7.35. The van der Waals surface area contributed by atoms with Gasteiger partial charge in [-0.3, -0.25) is 4.79 Å². The highest BCUT2D eigenvalue weighted by atomic mass is 16.5. The third-order valence-electron chi connectivity index (χ3n) is 5.75. The molecule has 1 aromatic carbocycles. The van der Waals surface area contributed by atoms with Crippen molar-refractivity contribution < 1.29 is 14.3 Å². The Labute approximate surface area is 148 Å². The molecule has 1 N–H and O–H groups in total. The van der Waals surface area contributed by atoms with Crippen molar-refractivity contribution in [2.24, 2.45) is 0 Å².